The zero-order chi connectivity index (χ0) is 19.5. The molecule has 4 nitrogen and oxygen atoms in total. The van der Waals surface area contributed by atoms with Crippen molar-refractivity contribution in [1.82, 2.24) is 5.32 Å². The van der Waals surface area contributed by atoms with Gasteiger partial charge in [-0.25, -0.2) is 0 Å². The topological polar surface area (TPSA) is 50.7 Å². The molecule has 1 aliphatic heterocycles. The summed E-state index contributed by atoms with van der Waals surface area (Å²) in [6.07, 6.45) is 9.96. The van der Waals surface area contributed by atoms with Crippen molar-refractivity contribution in [3.05, 3.63) is 12.2 Å². The first-order chi connectivity index (χ1) is 13.4. The van der Waals surface area contributed by atoms with Crippen molar-refractivity contribution >= 4 is 11.5 Å². The van der Waals surface area contributed by atoms with Crippen molar-refractivity contribution in [3.63, 3.8) is 0 Å². The molecule has 1 N–H and O–H groups in total. The summed E-state index contributed by atoms with van der Waals surface area (Å²) in [7, 11) is 0. The van der Waals surface area contributed by atoms with E-state index < -0.39 is 0 Å². The van der Waals surface area contributed by atoms with Crippen molar-refractivity contribution in [2.75, 3.05) is 13.1 Å². The van der Waals surface area contributed by atoms with E-state index in [0.717, 1.165) is 64.0 Å². The number of fused-ring (bicyclic) bond motifs is 5. The van der Waals surface area contributed by atoms with Gasteiger partial charge in [0.2, 0.25) is 0 Å². The molecule has 154 valence electrons. The maximum Gasteiger partial charge on any atom is 0.141 e. The number of carbonyl (C=O) groups is 1. The monoisotopic (exact) mass is 384 g/mol. The Morgan fingerprint density at radius 2 is 1.96 bits per heavy atom. The third-order valence-corrected chi connectivity index (χ3v) is 9.52. The molecular weight excluding hydrogens is 348 g/mol. The van der Waals surface area contributed by atoms with Gasteiger partial charge in [-0.3, -0.25) is 4.79 Å². The fourth-order valence-electron chi connectivity index (χ4n) is 7.77. The first kappa shape index (κ1) is 18.8. The lowest BCUT2D eigenvalue weighted by atomic mass is 9.44. The third kappa shape index (κ3) is 2.74. The second kappa shape index (κ2) is 6.68. The molecule has 1 saturated heterocycles. The quantitative estimate of drug-likeness (QED) is 0.563. The molecule has 1 heterocycles. The van der Waals surface area contributed by atoms with Crippen LogP contribution < -0.4 is 5.32 Å². The number of ketones is 1. The van der Waals surface area contributed by atoms with Gasteiger partial charge in [0, 0.05) is 24.8 Å². The normalized spacial score (nSPS) is 49.6. The van der Waals surface area contributed by atoms with Crippen LogP contribution in [-0.4, -0.2) is 30.7 Å². The molecule has 0 aromatic rings. The highest BCUT2D eigenvalue weighted by atomic mass is 16.6. The van der Waals surface area contributed by atoms with Gasteiger partial charge in [-0.2, -0.15) is 0 Å². The maximum atomic E-state index is 12.6. The van der Waals surface area contributed by atoms with Crippen LogP contribution in [0.5, 0.6) is 0 Å². The SMILES string of the molecule is C=C1CC2C(CC[C@]3(C)C(=O)CCC23)[C@@]2(C)CC/C(=N\OC3CCNC3)CC12. The highest BCUT2D eigenvalue weighted by Gasteiger charge is 2.60. The summed E-state index contributed by atoms with van der Waals surface area (Å²) in [6, 6.07) is 0. The molecule has 5 rings (SSSR count). The number of hydrogen-bond donors (Lipinski definition) is 1. The van der Waals surface area contributed by atoms with Gasteiger partial charge >= 0.3 is 0 Å². The summed E-state index contributed by atoms with van der Waals surface area (Å²) in [5, 5.41) is 7.93. The number of hydrogen-bond acceptors (Lipinski definition) is 4. The molecule has 0 radical (unpaired) electrons. The number of nitrogens with zero attached hydrogens (tertiary/aromatic N) is 1. The highest BCUT2D eigenvalue weighted by Crippen LogP contribution is 2.66. The minimum absolute atomic E-state index is 0.0465. The fraction of sp³-hybridized carbons (Fsp3) is 0.833. The van der Waals surface area contributed by atoms with Crippen molar-refractivity contribution in [3.8, 4) is 0 Å². The van der Waals surface area contributed by atoms with Gasteiger partial charge in [0.05, 0.1) is 5.71 Å². The predicted octanol–water partition coefficient (Wildman–Crippen LogP) is 4.50. The number of Topliss-reactive ketones (excluding diaryl/α,β-unsaturated/α-hetero) is 1. The number of rotatable bonds is 2. The fourth-order valence-corrected chi connectivity index (χ4v) is 7.77. The lowest BCUT2D eigenvalue weighted by molar-refractivity contribution is -0.134. The zero-order valence-corrected chi connectivity index (χ0v) is 17.6. The van der Waals surface area contributed by atoms with Crippen LogP contribution in [0.2, 0.25) is 0 Å². The van der Waals surface area contributed by atoms with E-state index in [4.69, 9.17) is 4.84 Å². The Kier molecular flexibility index (Phi) is 4.50. The average Bonchev–Trinajstić information content (AvgIpc) is 3.29. The van der Waals surface area contributed by atoms with Crippen LogP contribution in [0.25, 0.3) is 0 Å². The summed E-state index contributed by atoms with van der Waals surface area (Å²) in [6.45, 7) is 11.3. The second-order valence-electron chi connectivity index (χ2n) is 10.8. The number of oxime groups is 1. The van der Waals surface area contributed by atoms with E-state index in [0.29, 0.717) is 29.0 Å². The lowest BCUT2D eigenvalue weighted by Gasteiger charge is -2.60. The maximum absolute atomic E-state index is 12.6. The Hall–Kier alpha value is -1.16. The average molecular weight is 385 g/mol. The summed E-state index contributed by atoms with van der Waals surface area (Å²) < 4.78 is 0. The first-order valence-electron chi connectivity index (χ1n) is 11.5. The zero-order valence-electron chi connectivity index (χ0n) is 17.6. The van der Waals surface area contributed by atoms with E-state index in [1.165, 1.54) is 24.1 Å². The predicted molar refractivity (Wildman–Crippen MR) is 111 cm³/mol. The van der Waals surface area contributed by atoms with Gasteiger partial charge in [-0.1, -0.05) is 31.2 Å². The number of carbonyl (C=O) groups excluding carboxylic acids is 1. The Labute approximate surface area is 169 Å². The van der Waals surface area contributed by atoms with Crippen LogP contribution in [0.15, 0.2) is 17.3 Å². The molecule has 4 heteroatoms. The molecule has 5 fully saturated rings. The van der Waals surface area contributed by atoms with Crippen LogP contribution in [0, 0.1) is 34.5 Å². The molecule has 0 amide bonds. The molecule has 0 bridgehead atoms. The number of allylic oxidation sites excluding steroid dienone is 1. The van der Waals surface area contributed by atoms with Crippen molar-refractivity contribution in [1.29, 1.82) is 0 Å². The molecule has 28 heavy (non-hydrogen) atoms. The van der Waals surface area contributed by atoms with Gasteiger partial charge in [-0.15, -0.1) is 0 Å². The van der Waals surface area contributed by atoms with Crippen LogP contribution in [-0.2, 0) is 9.63 Å². The van der Waals surface area contributed by atoms with Gasteiger partial charge in [0.15, 0.2) is 0 Å². The summed E-state index contributed by atoms with van der Waals surface area (Å²) in [5.74, 6) is 3.06. The molecule has 0 spiro atoms. The smallest absolute Gasteiger partial charge is 0.141 e. The van der Waals surface area contributed by atoms with Crippen LogP contribution in [0.3, 0.4) is 0 Å². The second-order valence-corrected chi connectivity index (χ2v) is 10.8. The van der Waals surface area contributed by atoms with Crippen molar-refractivity contribution < 1.29 is 9.63 Å². The largest absolute Gasteiger partial charge is 0.391 e. The van der Waals surface area contributed by atoms with Gasteiger partial charge in [0.25, 0.3) is 0 Å². The van der Waals surface area contributed by atoms with Crippen LogP contribution in [0.4, 0.5) is 0 Å². The summed E-state index contributed by atoms with van der Waals surface area (Å²) in [4.78, 5) is 18.5. The highest BCUT2D eigenvalue weighted by molar-refractivity contribution is 5.87. The first-order valence-corrected chi connectivity index (χ1v) is 11.5. The van der Waals surface area contributed by atoms with Gasteiger partial charge < -0.3 is 10.2 Å². The molecular formula is C24H36N2O2. The van der Waals surface area contributed by atoms with Gasteiger partial charge in [-0.05, 0) is 80.6 Å². The van der Waals surface area contributed by atoms with Crippen molar-refractivity contribution in [2.45, 2.75) is 77.7 Å². The van der Waals surface area contributed by atoms with E-state index in [1.807, 2.05) is 0 Å². The molecule has 4 aliphatic carbocycles. The van der Waals surface area contributed by atoms with Gasteiger partial charge in [0.1, 0.15) is 11.9 Å². The van der Waals surface area contributed by atoms with E-state index in [9.17, 15) is 4.79 Å². The minimum atomic E-state index is -0.0465. The summed E-state index contributed by atoms with van der Waals surface area (Å²) in [5.41, 5.74) is 2.93. The molecule has 5 aliphatic rings. The van der Waals surface area contributed by atoms with Crippen molar-refractivity contribution in [2.24, 2.45) is 39.7 Å². The standard InChI is InChI=1S/C24H36N2O2/c1-15-12-18-19-4-5-22(27)24(19,3)10-7-20(18)23(2)9-6-16(13-21(15)23)26-28-17-8-11-25-14-17/h17-21,25H,1,4-14H2,2-3H3/b26-16+/t17?,18?,19?,20?,21?,23-,24+/m1/s1. The lowest BCUT2D eigenvalue weighted by Crippen LogP contribution is -2.54. The minimum Gasteiger partial charge on any atom is -0.391 e. The Morgan fingerprint density at radius 1 is 1.11 bits per heavy atom. The van der Waals surface area contributed by atoms with E-state index in [1.54, 1.807) is 0 Å². The Bertz CT molecular complexity index is 709. The summed E-state index contributed by atoms with van der Waals surface area (Å²) >= 11 is 0. The Balaban J connectivity index is 1.35. The van der Waals surface area contributed by atoms with Crippen LogP contribution in [0.1, 0.15) is 71.6 Å². The molecule has 0 aromatic carbocycles. The number of nitrogens with one attached hydrogen (secondary N) is 1. The van der Waals surface area contributed by atoms with E-state index >= 15 is 0 Å². The van der Waals surface area contributed by atoms with Crippen LogP contribution >= 0.6 is 0 Å². The third-order valence-electron chi connectivity index (χ3n) is 9.52. The molecule has 4 saturated carbocycles. The van der Waals surface area contributed by atoms with E-state index in [-0.39, 0.29) is 11.5 Å². The molecule has 7 atom stereocenters. The molecule has 5 unspecified atom stereocenters. The molecule has 0 aromatic heterocycles. The Morgan fingerprint density at radius 3 is 2.75 bits per heavy atom. The van der Waals surface area contributed by atoms with E-state index in [2.05, 4.69) is 30.9 Å².